The maximum atomic E-state index is 9.78. The third-order valence-corrected chi connectivity index (χ3v) is 1.15. The Morgan fingerprint density at radius 3 is 2.33 bits per heavy atom. The SMILES string of the molecule is CC(Cl)C(O)OS(=O)O. The number of aliphatic hydroxyl groups is 1. The van der Waals surface area contributed by atoms with E-state index in [0.717, 1.165) is 0 Å². The number of aliphatic hydroxyl groups excluding tert-OH is 1. The van der Waals surface area contributed by atoms with Crippen LogP contribution < -0.4 is 0 Å². The molecule has 9 heavy (non-hydrogen) atoms. The van der Waals surface area contributed by atoms with Crippen molar-refractivity contribution >= 4 is 23.0 Å². The van der Waals surface area contributed by atoms with Crippen LogP contribution in [0.15, 0.2) is 0 Å². The molecule has 0 aliphatic rings. The Bertz CT molecular complexity index is 106. The Balaban J connectivity index is 3.50. The van der Waals surface area contributed by atoms with E-state index in [1.165, 1.54) is 6.92 Å². The summed E-state index contributed by atoms with van der Waals surface area (Å²) in [5, 5.41) is 7.90. The Hall–Kier alpha value is 0.320. The fourth-order valence-corrected chi connectivity index (χ4v) is 0.609. The van der Waals surface area contributed by atoms with Gasteiger partial charge in [0.25, 0.3) is 0 Å². The second-order valence-electron chi connectivity index (χ2n) is 1.38. The molecule has 56 valence electrons. The first kappa shape index (κ1) is 9.32. The molecule has 0 radical (unpaired) electrons. The lowest BCUT2D eigenvalue weighted by atomic mass is 10.5. The summed E-state index contributed by atoms with van der Waals surface area (Å²) in [4.78, 5) is 0. The molecule has 0 bridgehead atoms. The molecular weight excluding hydrogens is 168 g/mol. The Morgan fingerprint density at radius 2 is 2.22 bits per heavy atom. The molecule has 0 spiro atoms. The molecule has 0 aliphatic heterocycles. The van der Waals surface area contributed by atoms with Crippen molar-refractivity contribution < 1.29 is 18.1 Å². The van der Waals surface area contributed by atoms with E-state index in [1.807, 2.05) is 0 Å². The fraction of sp³-hybridized carbons (Fsp3) is 1.00. The first-order valence-corrected chi connectivity index (χ1v) is 3.61. The first-order valence-electron chi connectivity index (χ1n) is 2.14. The van der Waals surface area contributed by atoms with E-state index >= 15 is 0 Å². The van der Waals surface area contributed by atoms with Gasteiger partial charge in [-0.3, -0.25) is 4.55 Å². The van der Waals surface area contributed by atoms with Crippen LogP contribution in [0.1, 0.15) is 6.92 Å². The Labute approximate surface area is 60.3 Å². The van der Waals surface area contributed by atoms with Gasteiger partial charge in [0.2, 0.25) is 0 Å². The molecule has 3 atom stereocenters. The van der Waals surface area contributed by atoms with Gasteiger partial charge in [-0.05, 0) is 6.92 Å². The monoisotopic (exact) mass is 174 g/mol. The molecule has 0 heterocycles. The second kappa shape index (κ2) is 4.19. The van der Waals surface area contributed by atoms with Crippen molar-refractivity contribution in [3.63, 3.8) is 0 Å². The van der Waals surface area contributed by atoms with Crippen LogP contribution in [0.5, 0.6) is 0 Å². The molecule has 0 fully saturated rings. The molecule has 0 amide bonds. The van der Waals surface area contributed by atoms with Crippen LogP contribution in [-0.2, 0) is 15.5 Å². The van der Waals surface area contributed by atoms with Crippen LogP contribution in [-0.4, -0.2) is 25.5 Å². The van der Waals surface area contributed by atoms with Gasteiger partial charge in [0, 0.05) is 0 Å². The van der Waals surface area contributed by atoms with E-state index in [0.29, 0.717) is 0 Å². The van der Waals surface area contributed by atoms with Crippen LogP contribution in [0.3, 0.4) is 0 Å². The smallest absolute Gasteiger partial charge is 0.304 e. The summed E-state index contributed by atoms with van der Waals surface area (Å²) in [6.45, 7) is 1.44. The molecule has 0 aromatic carbocycles. The number of hydrogen-bond acceptors (Lipinski definition) is 3. The van der Waals surface area contributed by atoms with Crippen molar-refractivity contribution in [2.24, 2.45) is 0 Å². The Morgan fingerprint density at radius 1 is 1.78 bits per heavy atom. The number of halogens is 1. The van der Waals surface area contributed by atoms with Gasteiger partial charge < -0.3 is 5.11 Å². The van der Waals surface area contributed by atoms with Crippen molar-refractivity contribution in [1.29, 1.82) is 0 Å². The molecular formula is C3H7ClO4S. The van der Waals surface area contributed by atoms with E-state index < -0.39 is 23.0 Å². The van der Waals surface area contributed by atoms with Gasteiger partial charge in [0.1, 0.15) is 0 Å². The maximum absolute atomic E-state index is 9.78. The average Bonchev–Trinajstić information content (AvgIpc) is 1.63. The largest absolute Gasteiger partial charge is 0.366 e. The third-order valence-electron chi connectivity index (χ3n) is 0.574. The lowest BCUT2D eigenvalue weighted by Gasteiger charge is -2.08. The van der Waals surface area contributed by atoms with Gasteiger partial charge in [-0.2, -0.15) is 4.21 Å². The van der Waals surface area contributed by atoms with Gasteiger partial charge in [0.05, 0.1) is 5.38 Å². The minimum Gasteiger partial charge on any atom is -0.366 e. The van der Waals surface area contributed by atoms with Crippen molar-refractivity contribution in [2.75, 3.05) is 0 Å². The summed E-state index contributed by atoms with van der Waals surface area (Å²) < 4.78 is 21.8. The minimum atomic E-state index is -2.45. The zero-order valence-corrected chi connectivity index (χ0v) is 6.22. The molecule has 3 unspecified atom stereocenters. The fourth-order valence-electron chi connectivity index (χ4n) is 0.161. The standard InChI is InChI=1S/C3H7ClO4S/c1-2(4)3(5)8-9(6)7/h2-3,5H,1H3,(H,6,7). The van der Waals surface area contributed by atoms with Crippen LogP contribution in [0.25, 0.3) is 0 Å². The lowest BCUT2D eigenvalue weighted by Crippen LogP contribution is -2.22. The van der Waals surface area contributed by atoms with Gasteiger partial charge in [-0.15, -0.1) is 11.6 Å². The van der Waals surface area contributed by atoms with E-state index in [4.69, 9.17) is 21.3 Å². The quantitative estimate of drug-likeness (QED) is 0.362. The van der Waals surface area contributed by atoms with Crippen molar-refractivity contribution in [3.05, 3.63) is 0 Å². The van der Waals surface area contributed by atoms with Crippen LogP contribution in [0.2, 0.25) is 0 Å². The number of hydrogen-bond donors (Lipinski definition) is 2. The highest BCUT2D eigenvalue weighted by molar-refractivity contribution is 7.74. The third kappa shape index (κ3) is 4.80. The summed E-state index contributed by atoms with van der Waals surface area (Å²) in [5.74, 6) is 0. The van der Waals surface area contributed by atoms with Crippen LogP contribution >= 0.6 is 11.6 Å². The highest BCUT2D eigenvalue weighted by Gasteiger charge is 2.13. The minimum absolute atomic E-state index is 0.693. The van der Waals surface area contributed by atoms with Crippen LogP contribution in [0.4, 0.5) is 0 Å². The average molecular weight is 175 g/mol. The molecule has 0 saturated heterocycles. The molecule has 0 saturated carbocycles. The summed E-state index contributed by atoms with van der Waals surface area (Å²) in [7, 11) is 0. The highest BCUT2D eigenvalue weighted by Crippen LogP contribution is 2.03. The molecule has 6 heteroatoms. The van der Waals surface area contributed by atoms with Crippen molar-refractivity contribution in [1.82, 2.24) is 0 Å². The topological polar surface area (TPSA) is 66.8 Å². The highest BCUT2D eigenvalue weighted by atomic mass is 35.5. The molecule has 4 nitrogen and oxygen atoms in total. The van der Waals surface area contributed by atoms with Gasteiger partial charge in [0.15, 0.2) is 6.29 Å². The van der Waals surface area contributed by atoms with Gasteiger partial charge >= 0.3 is 11.4 Å². The van der Waals surface area contributed by atoms with E-state index in [-0.39, 0.29) is 0 Å². The molecule has 2 N–H and O–H groups in total. The van der Waals surface area contributed by atoms with E-state index in [2.05, 4.69) is 4.18 Å². The van der Waals surface area contributed by atoms with E-state index in [9.17, 15) is 4.21 Å². The molecule has 0 aromatic rings. The zero-order chi connectivity index (χ0) is 7.44. The summed E-state index contributed by atoms with van der Waals surface area (Å²) in [6, 6.07) is 0. The van der Waals surface area contributed by atoms with Gasteiger partial charge in [-0.25, -0.2) is 4.18 Å². The van der Waals surface area contributed by atoms with E-state index in [1.54, 1.807) is 0 Å². The van der Waals surface area contributed by atoms with Crippen molar-refractivity contribution in [3.8, 4) is 0 Å². The molecule has 0 rings (SSSR count). The second-order valence-corrected chi connectivity index (χ2v) is 2.70. The summed E-state index contributed by atoms with van der Waals surface area (Å²) >= 11 is 2.80. The van der Waals surface area contributed by atoms with Crippen LogP contribution in [0, 0.1) is 0 Å². The number of alkyl halides is 1. The zero-order valence-electron chi connectivity index (χ0n) is 4.65. The predicted octanol–water partition coefficient (Wildman–Crippen LogP) is 0.0854. The normalized spacial score (nSPS) is 20.9. The van der Waals surface area contributed by atoms with Gasteiger partial charge in [-0.1, -0.05) is 0 Å². The molecule has 0 aliphatic carbocycles. The van der Waals surface area contributed by atoms with Crippen molar-refractivity contribution in [2.45, 2.75) is 18.6 Å². The maximum Gasteiger partial charge on any atom is 0.304 e. The first-order chi connectivity index (χ1) is 4.04. The number of rotatable bonds is 3. The Kier molecular flexibility index (Phi) is 4.33. The summed E-state index contributed by atoms with van der Waals surface area (Å²) in [5.41, 5.74) is 0. The lowest BCUT2D eigenvalue weighted by molar-refractivity contribution is -0.0117. The molecule has 0 aromatic heterocycles. The summed E-state index contributed by atoms with van der Waals surface area (Å²) in [6.07, 6.45) is -1.39. The predicted molar refractivity (Wildman–Crippen MR) is 33.2 cm³/mol.